The van der Waals surface area contributed by atoms with E-state index in [-0.39, 0.29) is 23.4 Å². The van der Waals surface area contributed by atoms with Gasteiger partial charge in [-0.1, -0.05) is 12.6 Å². The molecule has 2 aromatic heterocycles. The third-order valence-corrected chi connectivity index (χ3v) is 5.85. The van der Waals surface area contributed by atoms with Crippen LogP contribution in [0.15, 0.2) is 79.3 Å². The Hall–Kier alpha value is -4.44. The predicted molar refractivity (Wildman–Crippen MR) is 135 cm³/mol. The van der Waals surface area contributed by atoms with Gasteiger partial charge in [-0.25, -0.2) is 10.8 Å². The third-order valence-electron chi connectivity index (χ3n) is 5.85. The molecule has 1 unspecified atom stereocenters. The highest BCUT2D eigenvalue weighted by Gasteiger charge is 2.24. The Morgan fingerprint density at radius 1 is 1.20 bits per heavy atom. The van der Waals surface area contributed by atoms with E-state index in [1.54, 1.807) is 65.8 Å². The molecular formula is C25H28N8O2. The molecule has 1 aliphatic rings. The van der Waals surface area contributed by atoms with Crippen molar-refractivity contribution in [3.63, 3.8) is 0 Å². The summed E-state index contributed by atoms with van der Waals surface area (Å²) in [6.45, 7) is 4.80. The zero-order valence-electron chi connectivity index (χ0n) is 19.2. The zero-order valence-corrected chi connectivity index (χ0v) is 19.2. The second-order valence-corrected chi connectivity index (χ2v) is 8.24. The van der Waals surface area contributed by atoms with E-state index in [1.165, 1.54) is 11.1 Å². The molecule has 1 atom stereocenters. The summed E-state index contributed by atoms with van der Waals surface area (Å²) in [5, 5.41) is 11.0. The van der Waals surface area contributed by atoms with E-state index < -0.39 is 0 Å². The molecular weight excluding hydrogens is 444 g/mol. The molecule has 2 amide bonds. The maximum Gasteiger partial charge on any atom is 0.274 e. The lowest BCUT2D eigenvalue weighted by atomic mass is 9.95. The van der Waals surface area contributed by atoms with E-state index in [1.807, 2.05) is 0 Å². The second kappa shape index (κ2) is 10.7. The lowest BCUT2D eigenvalue weighted by Gasteiger charge is -2.32. The molecule has 6 N–H and O–H groups in total. The van der Waals surface area contributed by atoms with Crippen LogP contribution in [0, 0.1) is 5.92 Å². The molecule has 1 aliphatic heterocycles. The molecule has 1 aromatic carbocycles. The highest BCUT2D eigenvalue weighted by Crippen LogP contribution is 2.23. The van der Waals surface area contributed by atoms with Crippen LogP contribution in [0.5, 0.6) is 0 Å². The first-order valence-corrected chi connectivity index (χ1v) is 11.3. The minimum atomic E-state index is -0.330. The summed E-state index contributed by atoms with van der Waals surface area (Å²) in [5.41, 5.74) is 9.85. The Balaban J connectivity index is 1.38. The average molecular weight is 473 g/mol. The first-order valence-electron chi connectivity index (χ1n) is 11.3. The smallest absolute Gasteiger partial charge is 0.274 e. The highest BCUT2D eigenvalue weighted by atomic mass is 16.2. The number of anilines is 2. The molecule has 1 fully saturated rings. The SMILES string of the molecule is C=CC(=O)N1CCCC(/C(N)=C/N(N)c2ccc(NC(=O)c3cccc(-c4ccn[nH]4)n3)cc2)C1. The number of nitrogens with zero attached hydrogens (tertiary/aromatic N) is 4. The molecule has 1 saturated heterocycles. The number of likely N-dealkylation sites (tertiary alicyclic amines) is 1. The Bertz CT molecular complexity index is 1220. The van der Waals surface area contributed by atoms with Crippen molar-refractivity contribution >= 4 is 23.2 Å². The van der Waals surface area contributed by atoms with E-state index in [0.717, 1.165) is 18.5 Å². The van der Waals surface area contributed by atoms with Crippen LogP contribution in [0.25, 0.3) is 11.4 Å². The fourth-order valence-electron chi connectivity index (χ4n) is 3.94. The summed E-state index contributed by atoms with van der Waals surface area (Å²) in [6, 6.07) is 14.1. The first kappa shape index (κ1) is 23.7. The van der Waals surface area contributed by atoms with E-state index in [9.17, 15) is 9.59 Å². The predicted octanol–water partition coefficient (Wildman–Crippen LogP) is 2.63. The number of benzene rings is 1. The number of carbonyl (C=O) groups excluding carboxylic acids is 2. The van der Waals surface area contributed by atoms with Crippen LogP contribution in [-0.2, 0) is 4.79 Å². The normalized spacial score (nSPS) is 16.0. The largest absolute Gasteiger partial charge is 0.401 e. The van der Waals surface area contributed by atoms with Gasteiger partial charge >= 0.3 is 0 Å². The van der Waals surface area contributed by atoms with Crippen molar-refractivity contribution < 1.29 is 9.59 Å². The number of rotatable bonds is 7. The number of hydrazine groups is 1. The van der Waals surface area contributed by atoms with Gasteiger partial charge in [-0.15, -0.1) is 0 Å². The van der Waals surface area contributed by atoms with Gasteiger partial charge in [0.1, 0.15) is 5.69 Å². The molecule has 180 valence electrons. The number of nitrogens with one attached hydrogen (secondary N) is 2. The summed E-state index contributed by atoms with van der Waals surface area (Å²) >= 11 is 0. The molecule has 10 nitrogen and oxygen atoms in total. The van der Waals surface area contributed by atoms with E-state index >= 15 is 0 Å². The van der Waals surface area contributed by atoms with E-state index in [2.05, 4.69) is 27.1 Å². The molecule has 3 aromatic rings. The van der Waals surface area contributed by atoms with Crippen LogP contribution < -0.4 is 21.9 Å². The molecule has 0 spiro atoms. The number of H-pyrrole nitrogens is 1. The lowest BCUT2D eigenvalue weighted by molar-refractivity contribution is -0.127. The molecule has 3 heterocycles. The van der Waals surface area contributed by atoms with Crippen LogP contribution >= 0.6 is 0 Å². The van der Waals surface area contributed by atoms with E-state index in [4.69, 9.17) is 11.6 Å². The topological polar surface area (TPSA) is 146 Å². The Labute approximate surface area is 203 Å². The van der Waals surface area contributed by atoms with Crippen LogP contribution in [-0.4, -0.2) is 45.0 Å². The molecule has 4 rings (SSSR count). The number of pyridine rings is 1. The minimum absolute atomic E-state index is 0.0299. The fraction of sp³-hybridized carbons (Fsp3) is 0.200. The van der Waals surface area contributed by atoms with Gasteiger partial charge in [-0.3, -0.25) is 19.7 Å². The van der Waals surface area contributed by atoms with Crippen LogP contribution in [0.2, 0.25) is 0 Å². The van der Waals surface area contributed by atoms with Crippen molar-refractivity contribution in [3.05, 3.63) is 85.0 Å². The van der Waals surface area contributed by atoms with Crippen molar-refractivity contribution in [2.45, 2.75) is 12.8 Å². The van der Waals surface area contributed by atoms with Gasteiger partial charge in [-0.05, 0) is 61.4 Å². The molecule has 35 heavy (non-hydrogen) atoms. The Kier molecular flexibility index (Phi) is 7.22. The molecule has 0 bridgehead atoms. The van der Waals surface area contributed by atoms with Gasteiger partial charge in [0.2, 0.25) is 5.91 Å². The van der Waals surface area contributed by atoms with Gasteiger partial charge < -0.3 is 16.0 Å². The summed E-state index contributed by atoms with van der Waals surface area (Å²) < 4.78 is 0. The Morgan fingerprint density at radius 3 is 2.71 bits per heavy atom. The zero-order chi connectivity index (χ0) is 24.8. The van der Waals surface area contributed by atoms with Crippen LogP contribution in [0.3, 0.4) is 0 Å². The highest BCUT2D eigenvalue weighted by molar-refractivity contribution is 6.03. The fourth-order valence-corrected chi connectivity index (χ4v) is 3.94. The van der Waals surface area contributed by atoms with Crippen molar-refractivity contribution in [3.8, 4) is 11.4 Å². The number of hydrogen-bond donors (Lipinski definition) is 4. The minimum Gasteiger partial charge on any atom is -0.401 e. The molecule has 10 heteroatoms. The summed E-state index contributed by atoms with van der Waals surface area (Å²) in [5.74, 6) is 5.81. The summed E-state index contributed by atoms with van der Waals surface area (Å²) in [4.78, 5) is 30.7. The number of nitrogens with two attached hydrogens (primary N) is 2. The Morgan fingerprint density at radius 2 is 2.00 bits per heavy atom. The average Bonchev–Trinajstić information content (AvgIpc) is 3.44. The van der Waals surface area contributed by atoms with Crippen molar-refractivity contribution in [2.24, 2.45) is 17.5 Å². The number of hydrogen-bond acceptors (Lipinski definition) is 7. The standard InChI is InChI=1S/C25H28N8O2/c1-2-24(34)32-14-4-5-17(15-32)20(26)16-33(27)19-10-8-18(9-11-19)29-25(35)23-7-3-6-21(30-23)22-12-13-28-31-22/h2-3,6-13,16-17H,1,4-5,14-15,26-27H2,(H,28,31)(H,29,35)/b20-16-. The van der Waals surface area contributed by atoms with Gasteiger partial charge in [0.05, 0.1) is 17.1 Å². The summed E-state index contributed by atoms with van der Waals surface area (Å²) in [6.07, 6.45) is 6.38. The van der Waals surface area contributed by atoms with Crippen LogP contribution in [0.4, 0.5) is 11.4 Å². The van der Waals surface area contributed by atoms with Gasteiger partial charge in [-0.2, -0.15) is 5.10 Å². The maximum atomic E-state index is 12.7. The monoisotopic (exact) mass is 472 g/mol. The number of piperidine rings is 1. The number of amides is 2. The molecule has 0 saturated carbocycles. The molecule has 0 aliphatic carbocycles. The van der Waals surface area contributed by atoms with Crippen molar-refractivity contribution in [1.82, 2.24) is 20.1 Å². The third kappa shape index (κ3) is 5.74. The number of aromatic amines is 1. The van der Waals surface area contributed by atoms with Crippen molar-refractivity contribution in [2.75, 3.05) is 23.4 Å². The quantitative estimate of drug-likeness (QED) is 0.235. The maximum absolute atomic E-state index is 12.7. The molecule has 0 radical (unpaired) electrons. The lowest BCUT2D eigenvalue weighted by Crippen LogP contribution is -2.41. The van der Waals surface area contributed by atoms with Crippen molar-refractivity contribution in [1.29, 1.82) is 0 Å². The van der Waals surface area contributed by atoms with Crippen LogP contribution in [0.1, 0.15) is 23.3 Å². The number of aromatic nitrogens is 3. The van der Waals surface area contributed by atoms with Gasteiger partial charge in [0.25, 0.3) is 5.91 Å². The first-order chi connectivity index (χ1) is 16.9. The summed E-state index contributed by atoms with van der Waals surface area (Å²) in [7, 11) is 0. The van der Waals surface area contributed by atoms with E-state index in [0.29, 0.717) is 35.9 Å². The van der Waals surface area contributed by atoms with Gasteiger partial charge in [0, 0.05) is 42.8 Å². The number of carbonyl (C=O) groups is 2. The second-order valence-electron chi connectivity index (χ2n) is 8.24. The van der Waals surface area contributed by atoms with Gasteiger partial charge in [0.15, 0.2) is 0 Å².